The maximum atomic E-state index is 12.3. The van der Waals surface area contributed by atoms with Crippen LogP contribution in [-0.2, 0) is 6.61 Å². The van der Waals surface area contributed by atoms with E-state index in [0.29, 0.717) is 18.2 Å². The summed E-state index contributed by atoms with van der Waals surface area (Å²) in [5.41, 5.74) is 4.32. The molecule has 2 N–H and O–H groups in total. The molecule has 0 radical (unpaired) electrons. The average Bonchev–Trinajstić information content (AvgIpc) is 3.46. The summed E-state index contributed by atoms with van der Waals surface area (Å²) in [6, 6.07) is 16.7. The molecule has 0 aliphatic heterocycles. The molecule has 0 spiro atoms. The molecule has 2 heterocycles. The highest BCUT2D eigenvalue weighted by Gasteiger charge is 2.28. The highest BCUT2D eigenvalue weighted by atomic mass is 32.1. The van der Waals surface area contributed by atoms with Gasteiger partial charge in [-0.3, -0.25) is 0 Å². The van der Waals surface area contributed by atoms with Crippen LogP contribution in [0.1, 0.15) is 55.1 Å². The van der Waals surface area contributed by atoms with Crippen LogP contribution in [0.3, 0.4) is 0 Å². The van der Waals surface area contributed by atoms with Gasteiger partial charge < -0.3 is 19.9 Å². The fourth-order valence-corrected chi connectivity index (χ4v) is 5.41. The lowest BCUT2D eigenvalue weighted by Gasteiger charge is -2.30. The van der Waals surface area contributed by atoms with Gasteiger partial charge in [0.05, 0.1) is 16.8 Å². The molecular formula is C28H27N5O2S. The van der Waals surface area contributed by atoms with Crippen LogP contribution in [0.15, 0.2) is 54.0 Å². The summed E-state index contributed by atoms with van der Waals surface area (Å²) < 4.78 is 8.35. The number of hydrogen-bond acceptors (Lipinski definition) is 5. The normalized spacial score (nSPS) is 15.6. The Morgan fingerprint density at radius 2 is 1.94 bits per heavy atom. The number of nitriles is 1. The number of rotatable bonds is 7. The van der Waals surface area contributed by atoms with Crippen LogP contribution in [-0.4, -0.2) is 21.6 Å². The summed E-state index contributed by atoms with van der Waals surface area (Å²) in [6.07, 6.45) is 8.42. The van der Waals surface area contributed by atoms with Crippen molar-refractivity contribution >= 4 is 34.0 Å². The van der Waals surface area contributed by atoms with E-state index < -0.39 is 0 Å². The number of aromatic nitrogens is 2. The highest BCUT2D eigenvalue weighted by molar-refractivity contribution is 7.09. The van der Waals surface area contributed by atoms with Crippen LogP contribution in [0.4, 0.5) is 10.5 Å². The number of carbonyl (C=O) groups excluding carboxylic acids is 1. The number of nitrogens with zero attached hydrogens (tertiary/aromatic N) is 3. The zero-order valence-corrected chi connectivity index (χ0v) is 20.7. The Morgan fingerprint density at radius 1 is 1.14 bits per heavy atom. The van der Waals surface area contributed by atoms with Gasteiger partial charge in [0.25, 0.3) is 0 Å². The van der Waals surface area contributed by atoms with E-state index in [4.69, 9.17) is 4.74 Å². The Morgan fingerprint density at radius 3 is 2.58 bits per heavy atom. The van der Waals surface area contributed by atoms with E-state index in [0.717, 1.165) is 64.3 Å². The molecule has 2 fully saturated rings. The number of benzene rings is 2. The van der Waals surface area contributed by atoms with Crippen molar-refractivity contribution in [2.24, 2.45) is 0 Å². The van der Waals surface area contributed by atoms with Crippen LogP contribution in [0.25, 0.3) is 22.2 Å². The van der Waals surface area contributed by atoms with Crippen molar-refractivity contribution in [1.29, 1.82) is 5.26 Å². The van der Waals surface area contributed by atoms with Gasteiger partial charge >= 0.3 is 6.03 Å². The van der Waals surface area contributed by atoms with Crippen LogP contribution in [0, 0.1) is 11.3 Å². The number of amides is 2. The van der Waals surface area contributed by atoms with E-state index in [1.807, 2.05) is 47.8 Å². The lowest BCUT2D eigenvalue weighted by molar-refractivity contribution is 0.240. The predicted octanol–water partition coefficient (Wildman–Crippen LogP) is 6.61. The van der Waals surface area contributed by atoms with Gasteiger partial charge in [-0.1, -0.05) is 12.1 Å². The lowest BCUT2D eigenvalue weighted by Crippen LogP contribution is -2.41. The van der Waals surface area contributed by atoms with Crippen LogP contribution < -0.4 is 15.4 Å². The molecule has 36 heavy (non-hydrogen) atoms. The molecule has 0 bridgehead atoms. The van der Waals surface area contributed by atoms with Gasteiger partial charge in [0.1, 0.15) is 23.4 Å². The average molecular weight is 498 g/mol. The molecule has 7 nitrogen and oxygen atoms in total. The summed E-state index contributed by atoms with van der Waals surface area (Å²) in [5, 5.41) is 19.9. The van der Waals surface area contributed by atoms with Gasteiger partial charge in [-0.25, -0.2) is 9.78 Å². The van der Waals surface area contributed by atoms with Gasteiger partial charge in [-0.05, 0) is 68.4 Å². The highest BCUT2D eigenvalue weighted by Crippen LogP contribution is 2.43. The zero-order chi connectivity index (χ0) is 24.5. The third kappa shape index (κ3) is 4.31. The van der Waals surface area contributed by atoms with Crippen LogP contribution >= 0.6 is 11.3 Å². The number of anilines is 1. The second kappa shape index (κ2) is 9.67. The van der Waals surface area contributed by atoms with E-state index in [2.05, 4.69) is 26.3 Å². The minimum Gasteiger partial charge on any atom is -0.486 e. The third-order valence-electron chi connectivity index (χ3n) is 7.23. The van der Waals surface area contributed by atoms with Crippen molar-refractivity contribution in [1.82, 2.24) is 14.9 Å². The van der Waals surface area contributed by atoms with Crippen LogP contribution in [0.2, 0.25) is 0 Å². The van der Waals surface area contributed by atoms with Crippen molar-refractivity contribution in [2.75, 3.05) is 5.32 Å². The van der Waals surface area contributed by atoms with E-state index in [1.165, 1.54) is 12.8 Å². The Balaban J connectivity index is 1.32. The standard InChI is InChI=1S/C28H27N5O2S/c29-16-24-23-12-11-22(35-17-26-30-13-14-36-26)15-25(23)33(21-5-2-6-21)27(24)18-7-9-20(10-8-18)32-28(34)31-19-3-1-4-19/h7-15,19,21H,1-6,17H2,(H2,31,32,34). The zero-order valence-electron chi connectivity index (χ0n) is 19.9. The maximum Gasteiger partial charge on any atom is 0.319 e. The van der Waals surface area contributed by atoms with Crippen LogP contribution in [0.5, 0.6) is 5.75 Å². The molecule has 2 aromatic heterocycles. The number of fused-ring (bicyclic) bond motifs is 1. The molecule has 4 aromatic rings. The van der Waals surface area contributed by atoms with Crippen molar-refractivity contribution in [3.63, 3.8) is 0 Å². The monoisotopic (exact) mass is 497 g/mol. The minimum atomic E-state index is -0.168. The SMILES string of the molecule is N#Cc1c(-c2ccc(NC(=O)NC3CCC3)cc2)n(C2CCC2)c2cc(OCc3nccs3)ccc12. The summed E-state index contributed by atoms with van der Waals surface area (Å²) in [7, 11) is 0. The molecule has 2 aliphatic rings. The van der Waals surface area contributed by atoms with Crippen molar-refractivity contribution in [3.05, 3.63) is 64.6 Å². The second-order valence-corrected chi connectivity index (χ2v) is 10.5. The molecule has 0 unspecified atom stereocenters. The summed E-state index contributed by atoms with van der Waals surface area (Å²) >= 11 is 1.57. The number of carbonyl (C=O) groups is 1. The second-order valence-electron chi connectivity index (χ2n) is 9.49. The molecule has 0 saturated heterocycles. The molecule has 6 rings (SSSR count). The molecule has 2 amide bonds. The van der Waals surface area contributed by atoms with E-state index in [9.17, 15) is 10.1 Å². The molecule has 8 heteroatoms. The van der Waals surface area contributed by atoms with Gasteiger partial charge in [-0.2, -0.15) is 5.26 Å². The largest absolute Gasteiger partial charge is 0.486 e. The summed E-state index contributed by atoms with van der Waals surface area (Å²) in [4.78, 5) is 16.5. The van der Waals surface area contributed by atoms with E-state index in [1.54, 1.807) is 17.5 Å². The first kappa shape index (κ1) is 22.6. The van der Waals surface area contributed by atoms with Gasteiger partial charge in [0.2, 0.25) is 0 Å². The Hall–Kier alpha value is -3.83. The molecule has 2 aromatic carbocycles. The molecule has 2 saturated carbocycles. The number of urea groups is 1. The first-order chi connectivity index (χ1) is 17.7. The van der Waals surface area contributed by atoms with E-state index in [-0.39, 0.29) is 12.1 Å². The maximum absolute atomic E-state index is 12.3. The fourth-order valence-electron chi connectivity index (χ4n) is 4.89. The van der Waals surface area contributed by atoms with Crippen molar-refractivity contribution < 1.29 is 9.53 Å². The minimum absolute atomic E-state index is 0.168. The summed E-state index contributed by atoms with van der Waals surface area (Å²) in [5.74, 6) is 0.767. The number of nitrogens with one attached hydrogen (secondary N) is 2. The Labute approximate surface area is 213 Å². The molecule has 0 atom stereocenters. The first-order valence-electron chi connectivity index (χ1n) is 12.5. The van der Waals surface area contributed by atoms with E-state index >= 15 is 0 Å². The number of thiazole rings is 1. The summed E-state index contributed by atoms with van der Waals surface area (Å²) in [6.45, 7) is 0.425. The quantitative estimate of drug-likeness (QED) is 0.300. The molecule has 182 valence electrons. The first-order valence-corrected chi connectivity index (χ1v) is 13.3. The van der Waals surface area contributed by atoms with Gasteiger partial charge in [-0.15, -0.1) is 11.3 Å². The third-order valence-corrected chi connectivity index (χ3v) is 7.98. The fraction of sp³-hybridized carbons (Fsp3) is 0.321. The Kier molecular flexibility index (Phi) is 6.08. The van der Waals surface area contributed by atoms with Crippen molar-refractivity contribution in [2.45, 2.75) is 57.2 Å². The molecule has 2 aliphatic carbocycles. The smallest absolute Gasteiger partial charge is 0.319 e. The number of hydrogen-bond donors (Lipinski definition) is 2. The number of ether oxygens (including phenoxy) is 1. The van der Waals surface area contributed by atoms with Crippen molar-refractivity contribution in [3.8, 4) is 23.1 Å². The topological polar surface area (TPSA) is 92.0 Å². The van der Waals surface area contributed by atoms with Gasteiger partial charge in [0.15, 0.2) is 0 Å². The lowest BCUT2D eigenvalue weighted by atomic mass is 9.92. The molecular weight excluding hydrogens is 470 g/mol. The Bertz CT molecular complexity index is 1430. The predicted molar refractivity (Wildman–Crippen MR) is 141 cm³/mol. The van der Waals surface area contributed by atoms with Gasteiger partial charge in [0, 0.05) is 40.8 Å².